The Morgan fingerprint density at radius 3 is 2.05 bits per heavy atom. The fourth-order valence-corrected chi connectivity index (χ4v) is 7.68. The maximum absolute atomic E-state index is 14.4. The van der Waals surface area contributed by atoms with Crippen LogP contribution in [0.25, 0.3) is 0 Å². The van der Waals surface area contributed by atoms with Gasteiger partial charge in [-0.3, -0.25) is 4.90 Å². The summed E-state index contributed by atoms with van der Waals surface area (Å²) in [5, 5.41) is 0. The fraction of sp³-hybridized carbons (Fsp3) is 0.724. The first kappa shape index (κ1) is 23.7. The maximum Gasteiger partial charge on any atom is 0.414 e. The summed E-state index contributed by atoms with van der Waals surface area (Å²) in [5.74, 6) is -0.243. The van der Waals surface area contributed by atoms with Gasteiger partial charge in [-0.25, -0.2) is 14.0 Å². The van der Waals surface area contributed by atoms with Gasteiger partial charge in [-0.1, -0.05) is 0 Å². The lowest BCUT2D eigenvalue weighted by atomic mass is 9.73. The van der Waals surface area contributed by atoms with E-state index in [2.05, 4.69) is 9.80 Å². The smallest absolute Gasteiger partial charge is 0.414 e. The highest BCUT2D eigenvalue weighted by Gasteiger charge is 2.50. The highest BCUT2D eigenvalue weighted by Crippen LogP contribution is 2.49. The number of piperidine rings is 2. The minimum absolute atomic E-state index is 0.0297. The zero-order valence-electron chi connectivity index (χ0n) is 21.6. The first-order valence-electron chi connectivity index (χ1n) is 14.5. The summed E-state index contributed by atoms with van der Waals surface area (Å²) in [4.78, 5) is 32.3. The van der Waals surface area contributed by atoms with Crippen LogP contribution in [0.15, 0.2) is 18.2 Å². The first-order chi connectivity index (χ1) is 18.0. The van der Waals surface area contributed by atoms with Gasteiger partial charge in [-0.05, 0) is 114 Å². The second-order valence-corrected chi connectivity index (χ2v) is 12.4. The van der Waals surface area contributed by atoms with Gasteiger partial charge in [0.1, 0.15) is 18.0 Å². The molecule has 1 aromatic rings. The van der Waals surface area contributed by atoms with E-state index >= 15 is 0 Å². The Kier molecular flexibility index (Phi) is 5.86. The summed E-state index contributed by atoms with van der Waals surface area (Å²) in [5.41, 5.74) is 1.56. The Hall–Kier alpha value is -2.35. The monoisotopic (exact) mass is 511 g/mol. The topological polar surface area (TPSA) is 62.3 Å². The fourth-order valence-electron chi connectivity index (χ4n) is 7.68. The van der Waals surface area contributed by atoms with Crippen LogP contribution >= 0.6 is 0 Å². The van der Waals surface area contributed by atoms with Gasteiger partial charge >= 0.3 is 12.2 Å². The van der Waals surface area contributed by atoms with Crippen LogP contribution in [0.2, 0.25) is 0 Å². The molecule has 6 aliphatic rings. The molecular weight excluding hydrogens is 473 g/mol. The van der Waals surface area contributed by atoms with Crippen LogP contribution in [0.4, 0.5) is 19.7 Å². The van der Waals surface area contributed by atoms with Crippen LogP contribution in [-0.2, 0) is 14.9 Å². The molecular formula is C29H38FN3O4. The van der Waals surface area contributed by atoms with Crippen molar-refractivity contribution in [1.82, 2.24) is 9.80 Å². The third-order valence-corrected chi connectivity index (χ3v) is 10.3. The number of rotatable bonds is 3. The van der Waals surface area contributed by atoms with Gasteiger partial charge in [0, 0.05) is 30.1 Å². The van der Waals surface area contributed by atoms with Crippen molar-refractivity contribution in [3.63, 3.8) is 0 Å². The quantitative estimate of drug-likeness (QED) is 0.547. The van der Waals surface area contributed by atoms with Crippen molar-refractivity contribution in [1.29, 1.82) is 0 Å². The van der Waals surface area contributed by atoms with Crippen LogP contribution in [-0.4, -0.2) is 72.0 Å². The number of fused-ring (bicyclic) bond motifs is 4. The van der Waals surface area contributed by atoms with Gasteiger partial charge in [-0.2, -0.15) is 0 Å². The molecule has 1 aromatic carbocycles. The molecule has 0 radical (unpaired) electrons. The number of carbonyl (C=O) groups is 2. The molecule has 2 amide bonds. The van der Waals surface area contributed by atoms with E-state index in [-0.39, 0.29) is 47.7 Å². The van der Waals surface area contributed by atoms with Gasteiger partial charge in [0.25, 0.3) is 0 Å². The highest BCUT2D eigenvalue weighted by atomic mass is 19.1. The second-order valence-electron chi connectivity index (χ2n) is 12.4. The molecule has 37 heavy (non-hydrogen) atoms. The summed E-state index contributed by atoms with van der Waals surface area (Å²) >= 11 is 0. The molecule has 1 spiro atoms. The largest absolute Gasteiger partial charge is 0.446 e. The lowest BCUT2D eigenvalue weighted by molar-refractivity contribution is -0.00586. The summed E-state index contributed by atoms with van der Waals surface area (Å²) in [6.07, 6.45) is 11.9. The number of hydrogen-bond acceptors (Lipinski definition) is 5. The predicted octanol–water partition coefficient (Wildman–Crippen LogP) is 5.35. The number of benzene rings is 1. The number of amides is 2. The lowest BCUT2D eigenvalue weighted by Gasteiger charge is -2.47. The number of likely N-dealkylation sites (tertiary alicyclic amines) is 1. The van der Waals surface area contributed by atoms with Gasteiger partial charge in [0.2, 0.25) is 0 Å². The normalized spacial score (nSPS) is 31.1. The molecule has 0 N–H and O–H groups in total. The van der Waals surface area contributed by atoms with E-state index in [0.717, 1.165) is 95.0 Å². The Labute approximate surface area is 218 Å². The predicted molar refractivity (Wildman–Crippen MR) is 136 cm³/mol. The molecule has 7 nitrogen and oxygen atoms in total. The summed E-state index contributed by atoms with van der Waals surface area (Å²) in [6, 6.07) is 5.89. The summed E-state index contributed by atoms with van der Waals surface area (Å²) in [6.45, 7) is 2.43. The van der Waals surface area contributed by atoms with E-state index < -0.39 is 0 Å². The Balaban J connectivity index is 1.02. The van der Waals surface area contributed by atoms with Crippen LogP contribution in [0.1, 0.15) is 82.6 Å². The minimum atomic E-state index is -0.283. The third kappa shape index (κ3) is 4.10. The molecule has 4 aliphatic heterocycles. The average molecular weight is 512 g/mol. The van der Waals surface area contributed by atoms with E-state index in [0.29, 0.717) is 12.6 Å². The van der Waals surface area contributed by atoms with Crippen LogP contribution in [0, 0.1) is 5.82 Å². The molecule has 200 valence electrons. The van der Waals surface area contributed by atoms with Crippen molar-refractivity contribution in [2.24, 2.45) is 0 Å². The van der Waals surface area contributed by atoms with Crippen molar-refractivity contribution in [2.75, 3.05) is 24.5 Å². The van der Waals surface area contributed by atoms with Gasteiger partial charge < -0.3 is 19.3 Å². The Morgan fingerprint density at radius 2 is 1.46 bits per heavy atom. The van der Waals surface area contributed by atoms with E-state index in [1.54, 1.807) is 17.0 Å². The lowest BCUT2D eigenvalue weighted by Crippen LogP contribution is -2.56. The van der Waals surface area contributed by atoms with Crippen LogP contribution in [0.5, 0.6) is 0 Å². The standard InChI is InChI=1S/C29H38FN3O4/c30-19-7-10-26-25(15-19)29(18-32(26)27(34)36-23-3-1-4-23)11-13-31(14-12-29)22-16-20-8-9-21(17-22)33(20)28(35)37-24-5-2-6-24/h7,10,15,20-24H,1-6,8-9,11-14,16-18H2. The number of anilines is 1. The zero-order valence-corrected chi connectivity index (χ0v) is 21.6. The number of carbonyl (C=O) groups excluding carboxylic acids is 2. The molecule has 3 saturated heterocycles. The molecule has 7 rings (SSSR count). The van der Waals surface area contributed by atoms with E-state index in [9.17, 15) is 14.0 Å². The molecule has 4 heterocycles. The molecule has 2 saturated carbocycles. The van der Waals surface area contributed by atoms with E-state index in [4.69, 9.17) is 9.47 Å². The SMILES string of the molecule is O=C(OC1CCC1)N1CC2(CCN(C3CC4CCC(C3)N4C(=O)OC3CCC3)CC2)c2cc(F)ccc21. The molecule has 0 aromatic heterocycles. The second kappa shape index (κ2) is 9.14. The molecule has 8 heteroatoms. The van der Waals surface area contributed by atoms with E-state index in [1.807, 2.05) is 0 Å². The molecule has 5 fully saturated rings. The van der Waals surface area contributed by atoms with Gasteiger partial charge in [-0.15, -0.1) is 0 Å². The minimum Gasteiger partial charge on any atom is -0.446 e. The van der Waals surface area contributed by atoms with Crippen molar-refractivity contribution in [3.8, 4) is 0 Å². The number of ether oxygens (including phenoxy) is 2. The highest BCUT2D eigenvalue weighted by molar-refractivity contribution is 5.91. The van der Waals surface area contributed by atoms with Crippen molar-refractivity contribution >= 4 is 17.9 Å². The van der Waals surface area contributed by atoms with Gasteiger partial charge in [0.05, 0.1) is 5.69 Å². The summed E-state index contributed by atoms with van der Waals surface area (Å²) < 4.78 is 25.9. The zero-order chi connectivity index (χ0) is 25.1. The van der Waals surface area contributed by atoms with Crippen molar-refractivity contribution in [3.05, 3.63) is 29.6 Å². The van der Waals surface area contributed by atoms with E-state index in [1.165, 1.54) is 12.5 Å². The molecule has 2 atom stereocenters. The number of nitrogens with zero attached hydrogens (tertiary/aromatic N) is 3. The number of hydrogen-bond donors (Lipinski definition) is 0. The van der Waals surface area contributed by atoms with Gasteiger partial charge in [0.15, 0.2) is 0 Å². The summed E-state index contributed by atoms with van der Waals surface area (Å²) in [7, 11) is 0. The third-order valence-electron chi connectivity index (χ3n) is 10.3. The van der Waals surface area contributed by atoms with Crippen molar-refractivity contribution < 1.29 is 23.5 Å². The number of halogens is 1. The Bertz CT molecular complexity index is 1050. The average Bonchev–Trinajstić information content (AvgIpc) is 3.29. The van der Waals surface area contributed by atoms with Crippen LogP contribution in [0.3, 0.4) is 0 Å². The molecule has 2 bridgehead atoms. The maximum atomic E-state index is 14.4. The van der Waals surface area contributed by atoms with Crippen LogP contribution < -0.4 is 4.90 Å². The molecule has 2 aliphatic carbocycles. The Morgan fingerprint density at radius 1 is 0.838 bits per heavy atom. The van der Waals surface area contributed by atoms with Crippen molar-refractivity contribution in [2.45, 2.75) is 113 Å². The first-order valence-corrected chi connectivity index (χ1v) is 14.5. The molecule has 2 unspecified atom stereocenters.